The number of ketones is 1. The second-order valence-corrected chi connectivity index (χ2v) is 6.36. The fraction of sp³-hybridized carbons (Fsp3) is 0.188. The summed E-state index contributed by atoms with van der Waals surface area (Å²) in [6, 6.07) is 7.27. The van der Waals surface area contributed by atoms with E-state index < -0.39 is 16.9 Å². The topological polar surface area (TPSA) is 42.9 Å². The number of halogens is 4. The summed E-state index contributed by atoms with van der Waals surface area (Å²) < 4.78 is 39.7. The molecule has 0 N–H and O–H groups in total. The van der Waals surface area contributed by atoms with E-state index in [9.17, 15) is 18.0 Å². The fourth-order valence-electron chi connectivity index (χ4n) is 1.82. The Morgan fingerprint density at radius 1 is 1.12 bits per heavy atom. The average molecular weight is 373 g/mol. The fourth-order valence-corrected chi connectivity index (χ4v) is 2.81. The van der Waals surface area contributed by atoms with E-state index in [0.717, 1.165) is 0 Å². The molecule has 24 heavy (non-hydrogen) atoms. The summed E-state index contributed by atoms with van der Waals surface area (Å²) in [5, 5.41) is 0.338. The van der Waals surface area contributed by atoms with E-state index in [-0.39, 0.29) is 10.7 Å². The van der Waals surface area contributed by atoms with Crippen LogP contribution in [0, 0.1) is 13.8 Å². The predicted molar refractivity (Wildman–Crippen MR) is 87.3 cm³/mol. The lowest BCUT2D eigenvalue weighted by molar-refractivity contribution is -0.0837. The lowest BCUT2D eigenvalue weighted by Crippen LogP contribution is -2.12. The number of hydrogen-bond donors (Lipinski definition) is 0. The quantitative estimate of drug-likeness (QED) is 0.321. The first-order valence-electron chi connectivity index (χ1n) is 6.74. The van der Waals surface area contributed by atoms with Crippen LogP contribution in [0.1, 0.15) is 21.7 Å². The number of benzene rings is 1. The molecule has 0 fully saturated rings. The molecule has 8 heteroatoms. The zero-order valence-corrected chi connectivity index (χ0v) is 14.3. The summed E-state index contributed by atoms with van der Waals surface area (Å²) >= 11 is 6.02. The minimum Gasteiger partial charge on any atom is -0.289 e. The molecule has 3 nitrogen and oxygen atoms in total. The van der Waals surface area contributed by atoms with Crippen molar-refractivity contribution in [1.82, 2.24) is 9.97 Å². The number of alkyl halides is 3. The van der Waals surface area contributed by atoms with Gasteiger partial charge in [0.05, 0.1) is 0 Å². The number of aromatic nitrogens is 2. The monoisotopic (exact) mass is 372 g/mol. The standard InChI is InChI=1S/C16H12ClF3N2OS/c1-9-7-10(2)22-15(21-9)24-14(16(18,19)20)8-13(23)11-3-5-12(17)6-4-11/h3-8H,1-2H3/b14-8+. The first-order chi connectivity index (χ1) is 11.1. The number of rotatable bonds is 4. The summed E-state index contributed by atoms with van der Waals surface area (Å²) in [6.45, 7) is 3.32. The zero-order valence-electron chi connectivity index (χ0n) is 12.7. The van der Waals surface area contributed by atoms with Crippen molar-refractivity contribution in [2.24, 2.45) is 0 Å². The number of hydrogen-bond acceptors (Lipinski definition) is 4. The van der Waals surface area contributed by atoms with Crippen molar-refractivity contribution >= 4 is 29.1 Å². The Labute approximate surface area is 146 Å². The summed E-state index contributed by atoms with van der Waals surface area (Å²) in [5.41, 5.74) is 1.22. The molecule has 0 atom stereocenters. The van der Waals surface area contributed by atoms with Crippen LogP contribution in [-0.2, 0) is 0 Å². The minimum absolute atomic E-state index is 0.0556. The lowest BCUT2D eigenvalue weighted by Gasteiger charge is -2.11. The molecule has 0 aliphatic heterocycles. The highest BCUT2D eigenvalue weighted by atomic mass is 35.5. The molecule has 2 aromatic rings. The molecule has 0 radical (unpaired) electrons. The normalized spacial score (nSPS) is 12.3. The second-order valence-electron chi connectivity index (χ2n) is 4.91. The van der Waals surface area contributed by atoms with Gasteiger partial charge in [-0.3, -0.25) is 4.79 Å². The Hall–Kier alpha value is -1.86. The molecule has 0 saturated heterocycles. The van der Waals surface area contributed by atoms with E-state index in [4.69, 9.17) is 11.6 Å². The maximum absolute atomic E-state index is 13.2. The highest BCUT2D eigenvalue weighted by Gasteiger charge is 2.36. The van der Waals surface area contributed by atoms with Gasteiger partial charge in [0.1, 0.15) is 4.91 Å². The maximum atomic E-state index is 13.2. The SMILES string of the molecule is Cc1cc(C)nc(S/C(=C/C(=O)c2ccc(Cl)cc2)C(F)(F)F)n1. The summed E-state index contributed by atoms with van der Waals surface area (Å²) in [5.74, 6) is -0.768. The van der Waals surface area contributed by atoms with Crippen molar-refractivity contribution < 1.29 is 18.0 Å². The molecular formula is C16H12ClF3N2OS. The molecule has 0 amide bonds. The molecule has 1 aromatic heterocycles. The van der Waals surface area contributed by atoms with Gasteiger partial charge >= 0.3 is 6.18 Å². The summed E-state index contributed by atoms with van der Waals surface area (Å²) in [6.07, 6.45) is -4.14. The molecule has 1 aromatic carbocycles. The van der Waals surface area contributed by atoms with Gasteiger partial charge in [0.25, 0.3) is 0 Å². The third-order valence-electron chi connectivity index (χ3n) is 2.83. The van der Waals surface area contributed by atoms with Gasteiger partial charge in [-0.2, -0.15) is 13.2 Å². The van der Waals surface area contributed by atoms with Crippen molar-refractivity contribution in [3.63, 3.8) is 0 Å². The van der Waals surface area contributed by atoms with E-state index in [1.807, 2.05) is 0 Å². The van der Waals surface area contributed by atoms with Crippen LogP contribution >= 0.6 is 23.4 Å². The van der Waals surface area contributed by atoms with Crippen LogP contribution < -0.4 is 0 Å². The van der Waals surface area contributed by atoms with Crippen molar-refractivity contribution in [2.75, 3.05) is 0 Å². The Kier molecular flexibility index (Phi) is 5.66. The molecule has 0 saturated carbocycles. The Morgan fingerprint density at radius 2 is 1.67 bits per heavy atom. The number of aryl methyl sites for hydroxylation is 2. The Morgan fingerprint density at radius 3 is 2.17 bits per heavy atom. The first-order valence-corrected chi connectivity index (χ1v) is 7.93. The molecule has 0 unspecified atom stereocenters. The molecule has 1 heterocycles. The van der Waals surface area contributed by atoms with Crippen LogP contribution in [0.5, 0.6) is 0 Å². The Bertz CT molecular complexity index is 769. The van der Waals surface area contributed by atoms with Crippen molar-refractivity contribution in [2.45, 2.75) is 25.2 Å². The molecule has 0 aliphatic rings. The predicted octanol–water partition coefficient (Wildman–Crippen LogP) is 5.17. The van der Waals surface area contributed by atoms with Gasteiger partial charge in [-0.15, -0.1) is 0 Å². The van der Waals surface area contributed by atoms with Gasteiger partial charge in [0.15, 0.2) is 10.9 Å². The van der Waals surface area contributed by atoms with Gasteiger partial charge in [-0.05, 0) is 55.9 Å². The molecule has 0 spiro atoms. The van der Waals surface area contributed by atoms with E-state index in [1.165, 1.54) is 24.3 Å². The highest BCUT2D eigenvalue weighted by molar-refractivity contribution is 8.03. The highest BCUT2D eigenvalue weighted by Crippen LogP contribution is 2.37. The maximum Gasteiger partial charge on any atom is 0.422 e. The minimum atomic E-state index is -4.69. The third-order valence-corrected chi connectivity index (χ3v) is 4.02. The van der Waals surface area contributed by atoms with Gasteiger partial charge in [0, 0.05) is 28.0 Å². The average Bonchev–Trinajstić information content (AvgIpc) is 2.45. The van der Waals surface area contributed by atoms with Crippen LogP contribution in [0.3, 0.4) is 0 Å². The van der Waals surface area contributed by atoms with Crippen molar-refractivity contribution in [3.05, 3.63) is 63.3 Å². The largest absolute Gasteiger partial charge is 0.422 e. The van der Waals surface area contributed by atoms with E-state index in [0.29, 0.717) is 34.2 Å². The van der Waals surface area contributed by atoms with Crippen LogP contribution in [0.2, 0.25) is 5.02 Å². The zero-order chi connectivity index (χ0) is 17.9. The number of thioether (sulfide) groups is 1. The molecule has 126 valence electrons. The van der Waals surface area contributed by atoms with Crippen LogP contribution in [0.15, 0.2) is 46.5 Å². The van der Waals surface area contributed by atoms with Gasteiger partial charge in [-0.25, -0.2) is 9.97 Å². The van der Waals surface area contributed by atoms with Gasteiger partial charge in [0.2, 0.25) is 0 Å². The lowest BCUT2D eigenvalue weighted by atomic mass is 10.1. The Balaban J connectivity index is 2.34. The molecule has 2 rings (SSSR count). The molecule has 0 bridgehead atoms. The number of nitrogens with zero attached hydrogens (tertiary/aromatic N) is 2. The van der Waals surface area contributed by atoms with Gasteiger partial charge in [-0.1, -0.05) is 11.6 Å². The number of carbonyl (C=O) groups excluding carboxylic acids is 1. The smallest absolute Gasteiger partial charge is 0.289 e. The van der Waals surface area contributed by atoms with E-state index in [1.54, 1.807) is 19.9 Å². The molecular weight excluding hydrogens is 361 g/mol. The van der Waals surface area contributed by atoms with Crippen molar-refractivity contribution in [3.8, 4) is 0 Å². The number of allylic oxidation sites excluding steroid dienone is 2. The summed E-state index contributed by atoms with van der Waals surface area (Å²) in [7, 11) is 0. The van der Waals surface area contributed by atoms with E-state index in [2.05, 4.69) is 9.97 Å². The van der Waals surface area contributed by atoms with Crippen molar-refractivity contribution in [1.29, 1.82) is 0 Å². The van der Waals surface area contributed by atoms with Crippen LogP contribution in [0.25, 0.3) is 0 Å². The second kappa shape index (κ2) is 7.36. The summed E-state index contributed by atoms with van der Waals surface area (Å²) in [4.78, 5) is 18.9. The van der Waals surface area contributed by atoms with Crippen LogP contribution in [-0.4, -0.2) is 21.9 Å². The van der Waals surface area contributed by atoms with Gasteiger partial charge < -0.3 is 0 Å². The third kappa shape index (κ3) is 5.07. The van der Waals surface area contributed by atoms with Crippen LogP contribution in [0.4, 0.5) is 13.2 Å². The molecule has 0 aliphatic carbocycles. The number of carbonyl (C=O) groups is 1. The first kappa shape index (κ1) is 18.5. The van der Waals surface area contributed by atoms with E-state index >= 15 is 0 Å².